The summed E-state index contributed by atoms with van der Waals surface area (Å²) in [5.41, 5.74) is 10.4. The molecule has 7 heteroatoms. The highest BCUT2D eigenvalue weighted by molar-refractivity contribution is 5.79. The summed E-state index contributed by atoms with van der Waals surface area (Å²) < 4.78 is 1.75. The van der Waals surface area contributed by atoms with Crippen molar-refractivity contribution in [1.82, 2.24) is 24.6 Å². The van der Waals surface area contributed by atoms with Crippen LogP contribution < -0.4 is 5.73 Å². The third kappa shape index (κ3) is 4.03. The van der Waals surface area contributed by atoms with Gasteiger partial charge in [0.25, 0.3) is 5.95 Å². The summed E-state index contributed by atoms with van der Waals surface area (Å²) in [5.74, 6) is 1.30. The van der Waals surface area contributed by atoms with Crippen LogP contribution in [0.4, 0.5) is 0 Å². The fraction of sp³-hybridized carbons (Fsp3) is 0.600. The lowest BCUT2D eigenvalue weighted by Crippen LogP contribution is -2.49. The largest absolute Gasteiger partial charge is 0.338 e. The van der Waals surface area contributed by atoms with E-state index < -0.39 is 0 Å². The first-order valence-electron chi connectivity index (χ1n) is 9.67. The number of hydrogen-bond donors (Lipinski definition) is 1. The van der Waals surface area contributed by atoms with Crippen molar-refractivity contribution in [3.63, 3.8) is 0 Å². The standard InChI is InChI=1S/C20H30N6O/c1-12-6-7-25(17(8-12)11-21)19(27)10-18-15(4)24-26(16(18)5)20-22-13(2)9-14(3)23-20/h9,12,17H,6-8,10-11,21H2,1-5H3. The van der Waals surface area contributed by atoms with Crippen molar-refractivity contribution in [3.05, 3.63) is 34.4 Å². The number of nitrogens with zero attached hydrogens (tertiary/aromatic N) is 5. The van der Waals surface area contributed by atoms with E-state index >= 15 is 0 Å². The van der Waals surface area contributed by atoms with Gasteiger partial charge in [-0.1, -0.05) is 6.92 Å². The number of carbonyl (C=O) groups excluding carboxylic acids is 1. The molecule has 0 radical (unpaired) electrons. The van der Waals surface area contributed by atoms with E-state index in [0.717, 1.165) is 47.7 Å². The van der Waals surface area contributed by atoms with Gasteiger partial charge in [-0.2, -0.15) is 5.10 Å². The Morgan fingerprint density at radius 2 is 1.89 bits per heavy atom. The van der Waals surface area contributed by atoms with Gasteiger partial charge in [0.2, 0.25) is 5.91 Å². The van der Waals surface area contributed by atoms with Crippen molar-refractivity contribution in [3.8, 4) is 5.95 Å². The molecular formula is C20H30N6O. The minimum atomic E-state index is 0.129. The van der Waals surface area contributed by atoms with E-state index in [1.807, 2.05) is 38.7 Å². The molecule has 2 atom stereocenters. The van der Waals surface area contributed by atoms with Gasteiger partial charge in [0, 0.05) is 41.8 Å². The predicted molar refractivity (Wildman–Crippen MR) is 105 cm³/mol. The van der Waals surface area contributed by atoms with E-state index in [2.05, 4.69) is 22.0 Å². The smallest absolute Gasteiger partial charge is 0.251 e. The molecule has 3 rings (SSSR count). The minimum absolute atomic E-state index is 0.129. The molecule has 0 aliphatic carbocycles. The van der Waals surface area contributed by atoms with E-state index in [9.17, 15) is 4.79 Å². The summed E-state index contributed by atoms with van der Waals surface area (Å²) >= 11 is 0. The Hall–Kier alpha value is -2.28. The number of carbonyl (C=O) groups is 1. The van der Waals surface area contributed by atoms with E-state index in [4.69, 9.17) is 5.73 Å². The van der Waals surface area contributed by atoms with Gasteiger partial charge in [-0.3, -0.25) is 4.79 Å². The van der Waals surface area contributed by atoms with Crippen LogP contribution in [0.1, 0.15) is 48.1 Å². The number of likely N-dealkylation sites (tertiary alicyclic amines) is 1. The Labute approximate surface area is 161 Å². The molecule has 27 heavy (non-hydrogen) atoms. The Balaban J connectivity index is 1.85. The highest BCUT2D eigenvalue weighted by Gasteiger charge is 2.30. The first kappa shape index (κ1) is 19.5. The van der Waals surface area contributed by atoms with Crippen molar-refractivity contribution in [2.45, 2.75) is 59.9 Å². The maximum absolute atomic E-state index is 13.0. The Kier molecular flexibility index (Phi) is 5.60. The average molecular weight is 371 g/mol. The lowest BCUT2D eigenvalue weighted by molar-refractivity contribution is -0.134. The van der Waals surface area contributed by atoms with Crippen LogP contribution in [0.3, 0.4) is 0 Å². The topological polar surface area (TPSA) is 89.9 Å². The van der Waals surface area contributed by atoms with Crippen LogP contribution in [-0.2, 0) is 11.2 Å². The summed E-state index contributed by atoms with van der Waals surface area (Å²) in [4.78, 5) is 24.0. The number of aryl methyl sites for hydroxylation is 3. The first-order valence-corrected chi connectivity index (χ1v) is 9.67. The zero-order chi connectivity index (χ0) is 19.7. The van der Waals surface area contributed by atoms with Crippen molar-refractivity contribution >= 4 is 5.91 Å². The van der Waals surface area contributed by atoms with Crippen LogP contribution in [-0.4, -0.2) is 49.7 Å². The molecule has 0 bridgehead atoms. The monoisotopic (exact) mass is 370 g/mol. The van der Waals surface area contributed by atoms with Crippen LogP contribution in [0.2, 0.25) is 0 Å². The number of rotatable bonds is 4. The number of hydrogen-bond acceptors (Lipinski definition) is 5. The van der Waals surface area contributed by atoms with Gasteiger partial charge in [0.1, 0.15) is 0 Å². The molecule has 1 saturated heterocycles. The van der Waals surface area contributed by atoms with Gasteiger partial charge in [0.05, 0.1) is 12.1 Å². The molecule has 0 saturated carbocycles. The van der Waals surface area contributed by atoms with Gasteiger partial charge in [0.15, 0.2) is 0 Å². The molecule has 1 amide bonds. The molecule has 2 unspecified atom stereocenters. The first-order chi connectivity index (χ1) is 12.8. The van der Waals surface area contributed by atoms with E-state index in [-0.39, 0.29) is 11.9 Å². The zero-order valence-electron chi connectivity index (χ0n) is 17.0. The van der Waals surface area contributed by atoms with Gasteiger partial charge >= 0.3 is 0 Å². The van der Waals surface area contributed by atoms with E-state index in [1.54, 1.807) is 4.68 Å². The van der Waals surface area contributed by atoms with Crippen LogP contribution in [0.5, 0.6) is 0 Å². The maximum Gasteiger partial charge on any atom is 0.251 e. The van der Waals surface area contributed by atoms with Crippen LogP contribution >= 0.6 is 0 Å². The lowest BCUT2D eigenvalue weighted by atomic mass is 9.92. The number of nitrogens with two attached hydrogens (primary N) is 1. The van der Waals surface area contributed by atoms with Gasteiger partial charge in [-0.25, -0.2) is 14.6 Å². The third-order valence-corrected chi connectivity index (χ3v) is 5.50. The molecule has 3 heterocycles. The van der Waals surface area contributed by atoms with Crippen molar-refractivity contribution in [2.75, 3.05) is 13.1 Å². The summed E-state index contributed by atoms with van der Waals surface area (Å²) in [5, 5.41) is 4.61. The summed E-state index contributed by atoms with van der Waals surface area (Å²) in [6.45, 7) is 11.3. The molecule has 1 aliphatic rings. The minimum Gasteiger partial charge on any atom is -0.338 e. The van der Waals surface area contributed by atoms with Crippen molar-refractivity contribution < 1.29 is 4.79 Å². The molecule has 0 spiro atoms. The highest BCUT2D eigenvalue weighted by atomic mass is 16.2. The summed E-state index contributed by atoms with van der Waals surface area (Å²) in [6.07, 6.45) is 2.36. The molecule has 2 aromatic heterocycles. The number of piperidine rings is 1. The fourth-order valence-electron chi connectivity index (χ4n) is 3.98. The molecule has 7 nitrogen and oxygen atoms in total. The van der Waals surface area contributed by atoms with Crippen LogP contribution in [0.15, 0.2) is 6.07 Å². The molecule has 2 N–H and O–H groups in total. The second kappa shape index (κ2) is 7.76. The quantitative estimate of drug-likeness (QED) is 0.889. The van der Waals surface area contributed by atoms with E-state index in [0.29, 0.717) is 24.8 Å². The zero-order valence-corrected chi connectivity index (χ0v) is 17.0. The molecule has 2 aromatic rings. The summed E-state index contributed by atoms with van der Waals surface area (Å²) in [7, 11) is 0. The van der Waals surface area contributed by atoms with Gasteiger partial charge in [-0.05, 0) is 52.5 Å². The van der Waals surface area contributed by atoms with Gasteiger partial charge < -0.3 is 10.6 Å². The van der Waals surface area contributed by atoms with E-state index in [1.165, 1.54) is 0 Å². The van der Waals surface area contributed by atoms with Crippen molar-refractivity contribution in [1.29, 1.82) is 0 Å². The number of aromatic nitrogens is 4. The second-order valence-corrected chi connectivity index (χ2v) is 7.79. The molecule has 0 aromatic carbocycles. The van der Waals surface area contributed by atoms with Crippen LogP contribution in [0, 0.1) is 33.6 Å². The molecule has 146 valence electrons. The fourth-order valence-corrected chi connectivity index (χ4v) is 3.98. The maximum atomic E-state index is 13.0. The molecule has 1 aliphatic heterocycles. The Bertz CT molecular complexity index is 823. The Morgan fingerprint density at radius 1 is 1.22 bits per heavy atom. The SMILES string of the molecule is Cc1cc(C)nc(-n2nc(C)c(CC(=O)N3CCC(C)CC3CN)c2C)n1. The molecule has 1 fully saturated rings. The van der Waals surface area contributed by atoms with Crippen molar-refractivity contribution in [2.24, 2.45) is 11.7 Å². The van der Waals surface area contributed by atoms with Gasteiger partial charge in [-0.15, -0.1) is 0 Å². The predicted octanol–water partition coefficient (Wildman–Crippen LogP) is 2.02. The summed E-state index contributed by atoms with van der Waals surface area (Å²) in [6, 6.07) is 2.07. The third-order valence-electron chi connectivity index (χ3n) is 5.50. The number of amides is 1. The lowest BCUT2D eigenvalue weighted by Gasteiger charge is -2.38. The second-order valence-electron chi connectivity index (χ2n) is 7.79. The highest BCUT2D eigenvalue weighted by Crippen LogP contribution is 2.24. The van der Waals surface area contributed by atoms with Crippen LogP contribution in [0.25, 0.3) is 5.95 Å². The molecular weight excluding hydrogens is 340 g/mol. The normalized spacial score (nSPS) is 20.1. The average Bonchev–Trinajstić information content (AvgIpc) is 2.88. The Morgan fingerprint density at radius 3 is 2.52 bits per heavy atom.